The molecule has 0 aliphatic heterocycles. The average molecular weight is 387 g/mol. The van der Waals surface area contributed by atoms with Crippen LogP contribution >= 0.6 is 15.9 Å². The second-order valence-corrected chi connectivity index (χ2v) is 6.41. The first-order valence-electron chi connectivity index (χ1n) is 7.78. The molecule has 0 unspecified atom stereocenters. The minimum Gasteiger partial charge on any atom is -0.336 e. The molecule has 0 saturated carbocycles. The molecule has 6 heteroatoms. The molecule has 1 aromatic heterocycles. The predicted octanol–water partition coefficient (Wildman–Crippen LogP) is 4.24. The summed E-state index contributed by atoms with van der Waals surface area (Å²) in [4.78, 5) is 12.1. The van der Waals surface area contributed by atoms with Gasteiger partial charge in [0.15, 0.2) is 0 Å². The number of anilines is 1. The number of aryl methyl sites for hydroxylation is 1. The van der Waals surface area contributed by atoms with Gasteiger partial charge in [-0.3, -0.25) is 4.68 Å². The molecule has 0 aliphatic rings. The molecule has 5 nitrogen and oxygen atoms in total. The largest absolute Gasteiger partial charge is 0.336 e. The molecule has 2 aromatic carbocycles. The zero-order valence-corrected chi connectivity index (χ0v) is 15.2. The second-order valence-electron chi connectivity index (χ2n) is 5.62. The van der Waals surface area contributed by atoms with Crippen LogP contribution in [0.15, 0.2) is 46.9 Å². The van der Waals surface area contributed by atoms with Gasteiger partial charge in [0.05, 0.1) is 22.4 Å². The molecule has 2 N–H and O–H groups in total. The van der Waals surface area contributed by atoms with E-state index in [1.54, 1.807) is 0 Å². The number of hydrogen-bond donors (Lipinski definition) is 2. The number of aromatic nitrogens is 2. The van der Waals surface area contributed by atoms with E-state index in [0.29, 0.717) is 13.1 Å². The number of nitrogens with one attached hydrogen (secondary N) is 2. The molecule has 0 atom stereocenters. The van der Waals surface area contributed by atoms with Crippen molar-refractivity contribution in [1.82, 2.24) is 15.1 Å². The Balaban J connectivity index is 1.60. The molecule has 24 heavy (non-hydrogen) atoms. The first-order valence-corrected chi connectivity index (χ1v) is 8.57. The monoisotopic (exact) mass is 386 g/mol. The predicted molar refractivity (Wildman–Crippen MR) is 100 cm³/mol. The number of rotatable bonds is 4. The van der Waals surface area contributed by atoms with Gasteiger partial charge in [0.1, 0.15) is 0 Å². The molecular formula is C18H19BrN4O. The number of fused-ring (bicyclic) bond motifs is 1. The van der Waals surface area contributed by atoms with Crippen LogP contribution in [0, 0.1) is 13.8 Å². The quantitative estimate of drug-likeness (QED) is 0.704. The number of hydrogen-bond acceptors (Lipinski definition) is 2. The lowest BCUT2D eigenvalue weighted by Gasteiger charge is -2.10. The molecule has 3 aromatic rings. The van der Waals surface area contributed by atoms with Crippen LogP contribution in [-0.4, -0.2) is 22.4 Å². The van der Waals surface area contributed by atoms with Crippen molar-refractivity contribution >= 4 is 38.4 Å². The molecule has 2 amide bonds. The second kappa shape index (κ2) is 7.05. The van der Waals surface area contributed by atoms with Gasteiger partial charge in [-0.05, 0) is 41.2 Å². The van der Waals surface area contributed by atoms with Gasteiger partial charge in [0.25, 0.3) is 0 Å². The molecule has 0 radical (unpaired) electrons. The number of benzene rings is 2. The summed E-state index contributed by atoms with van der Waals surface area (Å²) >= 11 is 3.51. The third kappa shape index (κ3) is 3.43. The van der Waals surface area contributed by atoms with Crippen molar-refractivity contribution in [3.63, 3.8) is 0 Å². The van der Waals surface area contributed by atoms with Gasteiger partial charge in [-0.15, -0.1) is 0 Å². The normalized spacial score (nSPS) is 10.8. The summed E-state index contributed by atoms with van der Waals surface area (Å²) in [5.74, 6) is 0. The molecule has 124 valence electrons. The Morgan fingerprint density at radius 2 is 1.92 bits per heavy atom. The van der Waals surface area contributed by atoms with E-state index >= 15 is 0 Å². The molecule has 0 spiro atoms. The Kier molecular flexibility index (Phi) is 4.85. The van der Waals surface area contributed by atoms with E-state index in [1.807, 2.05) is 61.0 Å². The fraction of sp³-hybridized carbons (Fsp3) is 0.222. The van der Waals surface area contributed by atoms with E-state index in [-0.39, 0.29) is 6.03 Å². The van der Waals surface area contributed by atoms with E-state index < -0.39 is 0 Å². The van der Waals surface area contributed by atoms with Gasteiger partial charge in [0, 0.05) is 17.6 Å². The van der Waals surface area contributed by atoms with E-state index in [0.717, 1.165) is 32.3 Å². The maximum Gasteiger partial charge on any atom is 0.319 e. The minimum absolute atomic E-state index is 0.216. The topological polar surface area (TPSA) is 59.0 Å². The van der Waals surface area contributed by atoms with Crippen molar-refractivity contribution in [3.05, 3.63) is 58.3 Å². The van der Waals surface area contributed by atoms with Crippen molar-refractivity contribution < 1.29 is 4.79 Å². The lowest BCUT2D eigenvalue weighted by atomic mass is 10.1. The molecule has 0 aliphatic carbocycles. The van der Waals surface area contributed by atoms with Crippen LogP contribution in [0.1, 0.15) is 11.4 Å². The van der Waals surface area contributed by atoms with Crippen LogP contribution in [0.2, 0.25) is 0 Å². The summed E-state index contributed by atoms with van der Waals surface area (Å²) in [5, 5.41) is 12.3. The first-order chi connectivity index (χ1) is 11.6. The SMILES string of the molecule is Cc1nn(CCNC(=O)Nc2cccc3ccccc23)c(C)c1Br. The molecule has 3 rings (SSSR count). The zero-order valence-electron chi connectivity index (χ0n) is 13.6. The number of amides is 2. The van der Waals surface area contributed by atoms with Crippen LogP contribution in [0.5, 0.6) is 0 Å². The maximum absolute atomic E-state index is 12.1. The maximum atomic E-state index is 12.1. The van der Waals surface area contributed by atoms with Crippen LogP contribution in [-0.2, 0) is 6.54 Å². The zero-order chi connectivity index (χ0) is 17.1. The number of urea groups is 1. The third-order valence-corrected chi connectivity index (χ3v) is 5.09. The standard InChI is InChI=1S/C18H19BrN4O/c1-12-17(19)13(2)23(22-12)11-10-20-18(24)21-16-9-5-7-14-6-3-4-8-15(14)16/h3-9H,10-11H2,1-2H3,(H2,20,21,24). The average Bonchev–Trinajstić information content (AvgIpc) is 2.82. The summed E-state index contributed by atoms with van der Waals surface area (Å²) in [6, 6.07) is 13.6. The number of nitrogens with zero attached hydrogens (tertiary/aromatic N) is 2. The van der Waals surface area contributed by atoms with Gasteiger partial charge in [-0.25, -0.2) is 4.79 Å². The van der Waals surface area contributed by atoms with Crippen LogP contribution in [0.25, 0.3) is 10.8 Å². The van der Waals surface area contributed by atoms with Gasteiger partial charge < -0.3 is 10.6 Å². The highest BCUT2D eigenvalue weighted by Gasteiger charge is 2.09. The van der Waals surface area contributed by atoms with Gasteiger partial charge >= 0.3 is 6.03 Å². The van der Waals surface area contributed by atoms with Crippen molar-refractivity contribution in [2.45, 2.75) is 20.4 Å². The van der Waals surface area contributed by atoms with Crippen LogP contribution < -0.4 is 10.6 Å². The smallest absolute Gasteiger partial charge is 0.319 e. The Bertz CT molecular complexity index is 883. The highest BCUT2D eigenvalue weighted by Crippen LogP contribution is 2.22. The summed E-state index contributed by atoms with van der Waals surface area (Å²) < 4.78 is 2.90. The van der Waals surface area contributed by atoms with Crippen LogP contribution in [0.4, 0.5) is 10.5 Å². The molecule has 0 fully saturated rings. The van der Waals surface area contributed by atoms with Crippen LogP contribution in [0.3, 0.4) is 0 Å². The Morgan fingerprint density at radius 1 is 1.17 bits per heavy atom. The van der Waals surface area contributed by atoms with E-state index in [4.69, 9.17) is 0 Å². The summed E-state index contributed by atoms with van der Waals surface area (Å²) in [7, 11) is 0. The Hall–Kier alpha value is -2.34. The number of halogens is 1. The lowest BCUT2D eigenvalue weighted by molar-refractivity contribution is 0.251. The van der Waals surface area contributed by atoms with Crippen molar-refractivity contribution in [1.29, 1.82) is 0 Å². The highest BCUT2D eigenvalue weighted by molar-refractivity contribution is 9.10. The minimum atomic E-state index is -0.216. The lowest BCUT2D eigenvalue weighted by Crippen LogP contribution is -2.31. The summed E-state index contributed by atoms with van der Waals surface area (Å²) in [5.41, 5.74) is 2.82. The van der Waals surface area contributed by atoms with Gasteiger partial charge in [-0.2, -0.15) is 5.10 Å². The van der Waals surface area contributed by atoms with Crippen molar-refractivity contribution in [3.8, 4) is 0 Å². The Morgan fingerprint density at radius 3 is 2.67 bits per heavy atom. The number of carbonyl (C=O) groups excluding carboxylic acids is 1. The van der Waals surface area contributed by atoms with E-state index in [2.05, 4.69) is 31.7 Å². The Labute approximate surface area is 149 Å². The molecule has 1 heterocycles. The van der Waals surface area contributed by atoms with Crippen molar-refractivity contribution in [2.24, 2.45) is 0 Å². The number of carbonyl (C=O) groups is 1. The highest BCUT2D eigenvalue weighted by atomic mass is 79.9. The molecule has 0 saturated heterocycles. The van der Waals surface area contributed by atoms with E-state index in [9.17, 15) is 4.79 Å². The van der Waals surface area contributed by atoms with Gasteiger partial charge in [0.2, 0.25) is 0 Å². The molecular weight excluding hydrogens is 368 g/mol. The van der Waals surface area contributed by atoms with Crippen molar-refractivity contribution in [2.75, 3.05) is 11.9 Å². The summed E-state index contributed by atoms with van der Waals surface area (Å²) in [6.45, 7) is 5.08. The first kappa shape index (κ1) is 16.5. The molecule has 0 bridgehead atoms. The third-order valence-electron chi connectivity index (χ3n) is 3.94. The van der Waals surface area contributed by atoms with Gasteiger partial charge in [-0.1, -0.05) is 36.4 Å². The fourth-order valence-corrected chi connectivity index (χ4v) is 2.95. The summed E-state index contributed by atoms with van der Waals surface area (Å²) in [6.07, 6.45) is 0. The fourth-order valence-electron chi connectivity index (χ4n) is 2.67. The van der Waals surface area contributed by atoms with E-state index in [1.165, 1.54) is 0 Å².